The van der Waals surface area contributed by atoms with Crippen LogP contribution in [0, 0.1) is 5.82 Å². The van der Waals surface area contributed by atoms with Crippen LogP contribution in [0.3, 0.4) is 0 Å². The summed E-state index contributed by atoms with van der Waals surface area (Å²) in [5, 5.41) is 10.3. The monoisotopic (exact) mass is 381 g/mol. The van der Waals surface area contributed by atoms with Crippen LogP contribution in [0.15, 0.2) is 62.2 Å². The number of nitrogens with one attached hydrogen (secondary N) is 1. The van der Waals surface area contributed by atoms with Gasteiger partial charge in [0.25, 0.3) is 5.91 Å². The van der Waals surface area contributed by atoms with Crippen molar-refractivity contribution in [3.05, 3.63) is 70.3 Å². The summed E-state index contributed by atoms with van der Waals surface area (Å²) in [6.07, 6.45) is 0. The first-order valence-electron chi connectivity index (χ1n) is 8.07. The summed E-state index contributed by atoms with van der Waals surface area (Å²) in [5.74, 6) is -0.860. The molecule has 4 aromatic rings. The normalized spacial score (nSPS) is 10.8. The predicted molar refractivity (Wildman–Crippen MR) is 96.7 cm³/mol. The highest BCUT2D eigenvalue weighted by Crippen LogP contribution is 2.25. The van der Waals surface area contributed by atoms with E-state index in [1.165, 1.54) is 31.4 Å². The number of amides is 1. The Morgan fingerprint density at radius 3 is 2.71 bits per heavy atom. The molecule has 0 saturated heterocycles. The molecule has 2 aromatic heterocycles. The molecule has 1 amide bonds. The Morgan fingerprint density at radius 1 is 1.11 bits per heavy atom. The van der Waals surface area contributed by atoms with Crippen LogP contribution in [0.25, 0.3) is 22.4 Å². The molecule has 9 heteroatoms. The summed E-state index contributed by atoms with van der Waals surface area (Å²) in [4.78, 5) is 24.6. The first-order valence-corrected chi connectivity index (χ1v) is 8.07. The highest BCUT2D eigenvalue weighted by atomic mass is 19.1. The van der Waals surface area contributed by atoms with Crippen molar-refractivity contribution in [2.24, 2.45) is 0 Å². The van der Waals surface area contributed by atoms with Crippen molar-refractivity contribution in [1.82, 2.24) is 10.2 Å². The van der Waals surface area contributed by atoms with Crippen LogP contribution < -0.4 is 15.7 Å². The standard InChI is InChI=1S/C19H12FN3O5/c1-26-14-7-3-4-10-9-13(18(25)27-15(10)14)16(24)21-19-23-22-17(28-19)11-5-2-6-12(20)8-11/h2-9H,1H3,(H,21,23,24). The maximum Gasteiger partial charge on any atom is 0.349 e. The van der Waals surface area contributed by atoms with E-state index >= 15 is 0 Å². The molecule has 0 bridgehead atoms. The topological polar surface area (TPSA) is 107 Å². The van der Waals surface area contributed by atoms with Gasteiger partial charge in [-0.1, -0.05) is 23.3 Å². The smallest absolute Gasteiger partial charge is 0.349 e. The van der Waals surface area contributed by atoms with Crippen molar-refractivity contribution in [2.75, 3.05) is 12.4 Å². The van der Waals surface area contributed by atoms with Crippen molar-refractivity contribution in [1.29, 1.82) is 0 Å². The molecule has 0 saturated carbocycles. The van der Waals surface area contributed by atoms with E-state index in [1.54, 1.807) is 24.3 Å². The third-order valence-corrected chi connectivity index (χ3v) is 3.91. The van der Waals surface area contributed by atoms with Gasteiger partial charge in [0, 0.05) is 10.9 Å². The summed E-state index contributed by atoms with van der Waals surface area (Å²) < 4.78 is 29.0. The molecule has 0 aliphatic rings. The molecule has 140 valence electrons. The number of hydrogen-bond acceptors (Lipinski definition) is 7. The van der Waals surface area contributed by atoms with Crippen LogP contribution in [0.5, 0.6) is 5.75 Å². The molecule has 1 N–H and O–H groups in total. The van der Waals surface area contributed by atoms with Crippen LogP contribution in [-0.4, -0.2) is 23.2 Å². The van der Waals surface area contributed by atoms with Gasteiger partial charge in [-0.2, -0.15) is 0 Å². The van der Waals surface area contributed by atoms with Crippen molar-refractivity contribution in [3.63, 3.8) is 0 Å². The molecule has 0 aliphatic carbocycles. The summed E-state index contributed by atoms with van der Waals surface area (Å²) in [6, 6.07) is 11.7. The van der Waals surface area contributed by atoms with Crippen molar-refractivity contribution in [2.45, 2.75) is 0 Å². The zero-order valence-electron chi connectivity index (χ0n) is 14.4. The fourth-order valence-corrected chi connectivity index (χ4v) is 2.61. The Hall–Kier alpha value is -4.01. The zero-order chi connectivity index (χ0) is 19.7. The highest BCUT2D eigenvalue weighted by molar-refractivity contribution is 6.04. The second kappa shape index (κ2) is 6.95. The summed E-state index contributed by atoms with van der Waals surface area (Å²) in [7, 11) is 1.45. The lowest BCUT2D eigenvalue weighted by atomic mass is 10.1. The second-order valence-electron chi connectivity index (χ2n) is 5.70. The first-order chi connectivity index (χ1) is 13.5. The number of rotatable bonds is 4. The second-order valence-corrected chi connectivity index (χ2v) is 5.70. The van der Waals surface area contributed by atoms with Crippen LogP contribution in [0.1, 0.15) is 10.4 Å². The van der Waals surface area contributed by atoms with E-state index in [-0.39, 0.29) is 23.1 Å². The number of halogens is 1. The third-order valence-electron chi connectivity index (χ3n) is 3.91. The van der Waals surface area contributed by atoms with Gasteiger partial charge in [-0.15, -0.1) is 5.10 Å². The maximum absolute atomic E-state index is 13.3. The van der Waals surface area contributed by atoms with E-state index in [0.717, 1.165) is 0 Å². The fraction of sp³-hybridized carbons (Fsp3) is 0.0526. The number of carbonyl (C=O) groups excluding carboxylic acids is 1. The minimum atomic E-state index is -0.848. The van der Waals surface area contributed by atoms with E-state index in [1.807, 2.05) is 0 Å². The third kappa shape index (κ3) is 3.20. The van der Waals surface area contributed by atoms with E-state index < -0.39 is 17.3 Å². The lowest BCUT2D eigenvalue weighted by Crippen LogP contribution is -2.20. The first kappa shape index (κ1) is 17.4. The molecule has 28 heavy (non-hydrogen) atoms. The molecule has 2 heterocycles. The van der Waals surface area contributed by atoms with Gasteiger partial charge in [-0.05, 0) is 30.3 Å². The molecule has 0 atom stereocenters. The number of ether oxygens (including phenoxy) is 1. The number of methoxy groups -OCH3 is 1. The van der Waals surface area contributed by atoms with Crippen LogP contribution in [0.4, 0.5) is 10.4 Å². The Balaban J connectivity index is 1.62. The van der Waals surface area contributed by atoms with Gasteiger partial charge in [0.05, 0.1) is 7.11 Å². The van der Waals surface area contributed by atoms with Gasteiger partial charge >= 0.3 is 11.6 Å². The lowest BCUT2D eigenvalue weighted by molar-refractivity contribution is 0.102. The molecule has 0 aliphatic heterocycles. The number of fused-ring (bicyclic) bond motifs is 1. The van der Waals surface area contributed by atoms with Gasteiger partial charge in [0.2, 0.25) is 5.89 Å². The molecular formula is C19H12FN3O5. The molecule has 0 fully saturated rings. The number of aromatic nitrogens is 2. The van der Waals surface area contributed by atoms with Crippen LogP contribution >= 0.6 is 0 Å². The molecule has 0 radical (unpaired) electrons. The van der Waals surface area contributed by atoms with Gasteiger partial charge < -0.3 is 13.6 Å². The van der Waals surface area contributed by atoms with Crippen LogP contribution in [0.2, 0.25) is 0 Å². The van der Waals surface area contributed by atoms with Gasteiger partial charge in [0.1, 0.15) is 11.4 Å². The van der Waals surface area contributed by atoms with Crippen molar-refractivity contribution in [3.8, 4) is 17.2 Å². The summed E-state index contributed by atoms with van der Waals surface area (Å²) in [5.41, 5.74) is -0.506. The maximum atomic E-state index is 13.3. The largest absolute Gasteiger partial charge is 0.493 e. The minimum Gasteiger partial charge on any atom is -0.493 e. The fourth-order valence-electron chi connectivity index (χ4n) is 2.61. The Bertz CT molecular complexity index is 1250. The number of benzene rings is 2. The number of anilines is 1. The van der Waals surface area contributed by atoms with Crippen molar-refractivity contribution >= 4 is 22.9 Å². The SMILES string of the molecule is COc1cccc2cc(C(=O)Nc3nnc(-c4cccc(F)c4)o3)c(=O)oc12. The highest BCUT2D eigenvalue weighted by Gasteiger charge is 2.18. The molecule has 2 aromatic carbocycles. The number of nitrogens with zero attached hydrogens (tertiary/aromatic N) is 2. The predicted octanol–water partition coefficient (Wildman–Crippen LogP) is 3.24. The Labute approximate surface area is 156 Å². The van der Waals surface area contributed by atoms with E-state index in [2.05, 4.69) is 15.5 Å². The summed E-state index contributed by atoms with van der Waals surface area (Å²) in [6.45, 7) is 0. The molecule has 8 nitrogen and oxygen atoms in total. The minimum absolute atomic E-state index is 0.0186. The average Bonchev–Trinajstić information content (AvgIpc) is 3.15. The molecular weight excluding hydrogens is 369 g/mol. The quantitative estimate of drug-likeness (QED) is 0.541. The van der Waals surface area contributed by atoms with Crippen LogP contribution in [-0.2, 0) is 0 Å². The Kier molecular flexibility index (Phi) is 4.32. The lowest BCUT2D eigenvalue weighted by Gasteiger charge is -2.05. The van der Waals surface area contributed by atoms with Gasteiger partial charge in [-0.3, -0.25) is 10.1 Å². The number of hydrogen-bond donors (Lipinski definition) is 1. The molecule has 4 rings (SSSR count). The number of para-hydroxylation sites is 1. The zero-order valence-corrected chi connectivity index (χ0v) is 14.4. The number of carbonyl (C=O) groups is 1. The average molecular weight is 381 g/mol. The van der Waals surface area contributed by atoms with Gasteiger partial charge in [-0.25, -0.2) is 9.18 Å². The van der Waals surface area contributed by atoms with E-state index in [0.29, 0.717) is 16.7 Å². The summed E-state index contributed by atoms with van der Waals surface area (Å²) >= 11 is 0. The van der Waals surface area contributed by atoms with Gasteiger partial charge in [0.15, 0.2) is 11.3 Å². The van der Waals surface area contributed by atoms with E-state index in [9.17, 15) is 14.0 Å². The van der Waals surface area contributed by atoms with E-state index in [4.69, 9.17) is 13.6 Å². The Morgan fingerprint density at radius 2 is 1.93 bits per heavy atom. The molecule has 0 unspecified atom stereocenters. The van der Waals surface area contributed by atoms with Crippen molar-refractivity contribution < 1.29 is 22.8 Å². The molecule has 0 spiro atoms.